The zero-order chi connectivity index (χ0) is 14.4. The van der Waals surface area contributed by atoms with Crippen molar-refractivity contribution in [3.05, 3.63) is 28.2 Å². The third kappa shape index (κ3) is 5.74. The van der Waals surface area contributed by atoms with E-state index in [1.807, 2.05) is 13.8 Å². The standard InChI is InChI=1S/C13H18BrN3O2/c1-8(2)17-12(18)3-4-16-13(19)9-5-10(14)7-11(15)6-9/h5-8H,3-4,15H2,1-2H3,(H,16,19)(H,17,18). The van der Waals surface area contributed by atoms with E-state index in [0.29, 0.717) is 17.8 Å². The minimum Gasteiger partial charge on any atom is -0.399 e. The minimum atomic E-state index is -0.245. The van der Waals surface area contributed by atoms with E-state index < -0.39 is 0 Å². The summed E-state index contributed by atoms with van der Waals surface area (Å²) in [5.41, 5.74) is 6.63. The van der Waals surface area contributed by atoms with Gasteiger partial charge in [0.15, 0.2) is 0 Å². The van der Waals surface area contributed by atoms with Crippen LogP contribution in [0.15, 0.2) is 22.7 Å². The lowest BCUT2D eigenvalue weighted by atomic mass is 10.2. The first-order chi connectivity index (χ1) is 8.88. The average Bonchev–Trinajstić information content (AvgIpc) is 2.26. The predicted octanol–water partition coefficient (Wildman–Crippen LogP) is 1.68. The van der Waals surface area contributed by atoms with Crippen LogP contribution in [0.4, 0.5) is 5.69 Å². The molecule has 6 heteroatoms. The summed E-state index contributed by atoms with van der Waals surface area (Å²) in [5.74, 6) is -0.325. The highest BCUT2D eigenvalue weighted by molar-refractivity contribution is 9.10. The molecule has 1 aromatic carbocycles. The lowest BCUT2D eigenvalue weighted by Gasteiger charge is -2.09. The Kier molecular flexibility index (Phi) is 5.82. The zero-order valence-electron chi connectivity index (χ0n) is 11.0. The van der Waals surface area contributed by atoms with Gasteiger partial charge in [-0.2, -0.15) is 0 Å². The molecule has 0 bridgehead atoms. The average molecular weight is 328 g/mol. The summed E-state index contributed by atoms with van der Waals surface area (Å²) in [7, 11) is 0. The molecule has 0 heterocycles. The van der Waals surface area contributed by atoms with Crippen LogP contribution in [0.3, 0.4) is 0 Å². The van der Waals surface area contributed by atoms with Crippen molar-refractivity contribution >= 4 is 33.4 Å². The van der Waals surface area contributed by atoms with Gasteiger partial charge in [0.25, 0.3) is 5.91 Å². The van der Waals surface area contributed by atoms with Gasteiger partial charge in [-0.1, -0.05) is 15.9 Å². The van der Waals surface area contributed by atoms with Gasteiger partial charge in [0, 0.05) is 34.7 Å². The highest BCUT2D eigenvalue weighted by Gasteiger charge is 2.08. The molecule has 0 radical (unpaired) electrons. The van der Waals surface area contributed by atoms with E-state index in [1.54, 1.807) is 18.2 Å². The normalized spacial score (nSPS) is 10.3. The van der Waals surface area contributed by atoms with Gasteiger partial charge in [0.1, 0.15) is 0 Å². The molecular formula is C13H18BrN3O2. The van der Waals surface area contributed by atoms with E-state index in [9.17, 15) is 9.59 Å². The van der Waals surface area contributed by atoms with Crippen LogP contribution in [0.5, 0.6) is 0 Å². The Morgan fingerprint density at radius 1 is 1.32 bits per heavy atom. The van der Waals surface area contributed by atoms with Crippen molar-refractivity contribution in [2.75, 3.05) is 12.3 Å². The van der Waals surface area contributed by atoms with Crippen LogP contribution >= 0.6 is 15.9 Å². The molecule has 19 heavy (non-hydrogen) atoms. The summed E-state index contributed by atoms with van der Waals surface area (Å²) in [6.45, 7) is 4.07. The molecule has 4 N–H and O–H groups in total. The van der Waals surface area contributed by atoms with Crippen LogP contribution in [0.2, 0.25) is 0 Å². The molecule has 0 aliphatic heterocycles. The minimum absolute atomic E-state index is 0.0796. The number of halogens is 1. The number of benzene rings is 1. The van der Waals surface area contributed by atoms with Gasteiger partial charge >= 0.3 is 0 Å². The summed E-state index contributed by atoms with van der Waals surface area (Å²) < 4.78 is 0.746. The van der Waals surface area contributed by atoms with Crippen LogP contribution in [0.1, 0.15) is 30.6 Å². The quantitative estimate of drug-likeness (QED) is 0.719. The maximum Gasteiger partial charge on any atom is 0.251 e. The molecule has 0 saturated carbocycles. The van der Waals surface area contributed by atoms with E-state index in [1.165, 1.54) is 0 Å². The Balaban J connectivity index is 2.45. The maximum atomic E-state index is 11.8. The fourth-order valence-electron chi connectivity index (χ4n) is 1.53. The Hall–Kier alpha value is -1.56. The van der Waals surface area contributed by atoms with Crippen molar-refractivity contribution in [3.63, 3.8) is 0 Å². The monoisotopic (exact) mass is 327 g/mol. The highest BCUT2D eigenvalue weighted by Crippen LogP contribution is 2.17. The van der Waals surface area contributed by atoms with Crippen molar-refractivity contribution in [3.8, 4) is 0 Å². The van der Waals surface area contributed by atoms with Gasteiger partial charge in [-0.3, -0.25) is 9.59 Å². The third-order valence-corrected chi connectivity index (χ3v) is 2.73. The van der Waals surface area contributed by atoms with Crippen molar-refractivity contribution in [1.29, 1.82) is 0 Å². The fourth-order valence-corrected chi connectivity index (χ4v) is 2.04. The summed E-state index contributed by atoms with van der Waals surface area (Å²) >= 11 is 3.28. The Labute approximate surface area is 121 Å². The van der Waals surface area contributed by atoms with Crippen LogP contribution in [-0.4, -0.2) is 24.4 Å². The smallest absolute Gasteiger partial charge is 0.251 e. The first-order valence-electron chi connectivity index (χ1n) is 6.02. The number of amides is 2. The number of nitrogens with two attached hydrogens (primary N) is 1. The molecule has 2 amide bonds. The number of nitrogens with one attached hydrogen (secondary N) is 2. The zero-order valence-corrected chi connectivity index (χ0v) is 12.6. The third-order valence-electron chi connectivity index (χ3n) is 2.27. The lowest BCUT2D eigenvalue weighted by Crippen LogP contribution is -2.34. The molecule has 0 aliphatic carbocycles. The summed E-state index contributed by atoms with van der Waals surface area (Å²) in [5, 5.41) is 5.44. The van der Waals surface area contributed by atoms with Gasteiger partial charge in [-0.15, -0.1) is 0 Å². The number of carbonyl (C=O) groups is 2. The van der Waals surface area contributed by atoms with Gasteiger partial charge in [-0.25, -0.2) is 0 Å². The van der Waals surface area contributed by atoms with Crippen LogP contribution in [0.25, 0.3) is 0 Å². The van der Waals surface area contributed by atoms with Gasteiger partial charge in [-0.05, 0) is 32.0 Å². The molecule has 0 aromatic heterocycles. The molecule has 0 aliphatic rings. The fraction of sp³-hybridized carbons (Fsp3) is 0.385. The van der Waals surface area contributed by atoms with E-state index >= 15 is 0 Å². The molecule has 1 rings (SSSR count). The van der Waals surface area contributed by atoms with E-state index in [2.05, 4.69) is 26.6 Å². The number of nitrogen functional groups attached to an aromatic ring is 1. The Morgan fingerprint density at radius 3 is 2.58 bits per heavy atom. The summed E-state index contributed by atoms with van der Waals surface area (Å²) in [4.78, 5) is 23.2. The Bertz CT molecular complexity index is 455. The molecule has 5 nitrogen and oxygen atoms in total. The Morgan fingerprint density at radius 2 is 2.00 bits per heavy atom. The first kappa shape index (κ1) is 15.5. The van der Waals surface area contributed by atoms with Crippen molar-refractivity contribution in [1.82, 2.24) is 10.6 Å². The van der Waals surface area contributed by atoms with Crippen LogP contribution in [0, 0.1) is 0 Å². The number of rotatable bonds is 5. The second-order valence-corrected chi connectivity index (χ2v) is 5.42. The highest BCUT2D eigenvalue weighted by atomic mass is 79.9. The van der Waals surface area contributed by atoms with E-state index in [4.69, 9.17) is 5.73 Å². The topological polar surface area (TPSA) is 84.2 Å². The lowest BCUT2D eigenvalue weighted by molar-refractivity contribution is -0.121. The van der Waals surface area contributed by atoms with Crippen molar-refractivity contribution in [2.45, 2.75) is 26.3 Å². The summed E-state index contributed by atoms with van der Waals surface area (Å²) in [6, 6.07) is 5.09. The maximum absolute atomic E-state index is 11.8. The van der Waals surface area contributed by atoms with Gasteiger partial charge < -0.3 is 16.4 Å². The predicted molar refractivity (Wildman–Crippen MR) is 78.8 cm³/mol. The molecule has 0 spiro atoms. The summed E-state index contributed by atoms with van der Waals surface area (Å²) in [6.07, 6.45) is 0.257. The number of anilines is 1. The number of hydrogen-bond donors (Lipinski definition) is 3. The molecule has 0 fully saturated rings. The van der Waals surface area contributed by atoms with Crippen LogP contribution < -0.4 is 16.4 Å². The number of carbonyl (C=O) groups excluding carboxylic acids is 2. The van der Waals surface area contributed by atoms with Gasteiger partial charge in [0.05, 0.1) is 0 Å². The molecule has 0 atom stereocenters. The van der Waals surface area contributed by atoms with E-state index in [0.717, 1.165) is 4.47 Å². The largest absolute Gasteiger partial charge is 0.399 e. The molecule has 104 valence electrons. The van der Waals surface area contributed by atoms with Crippen molar-refractivity contribution in [2.24, 2.45) is 0 Å². The number of hydrogen-bond acceptors (Lipinski definition) is 3. The molecule has 0 unspecified atom stereocenters. The van der Waals surface area contributed by atoms with Crippen molar-refractivity contribution < 1.29 is 9.59 Å². The van der Waals surface area contributed by atoms with Gasteiger partial charge in [0.2, 0.25) is 5.91 Å². The molecule has 0 saturated heterocycles. The van der Waals surface area contributed by atoms with Crippen LogP contribution in [-0.2, 0) is 4.79 Å². The van der Waals surface area contributed by atoms with E-state index in [-0.39, 0.29) is 24.3 Å². The molecule has 1 aromatic rings. The first-order valence-corrected chi connectivity index (χ1v) is 6.81. The molecular weight excluding hydrogens is 310 g/mol. The second kappa shape index (κ2) is 7.13. The second-order valence-electron chi connectivity index (χ2n) is 4.50. The SMILES string of the molecule is CC(C)NC(=O)CCNC(=O)c1cc(N)cc(Br)c1.